The van der Waals surface area contributed by atoms with Crippen LogP contribution in [-0.2, 0) is 16.6 Å². The van der Waals surface area contributed by atoms with Gasteiger partial charge in [-0.25, -0.2) is 8.42 Å². The van der Waals surface area contributed by atoms with E-state index >= 15 is 0 Å². The van der Waals surface area contributed by atoms with Gasteiger partial charge in [-0.3, -0.25) is 9.29 Å². The summed E-state index contributed by atoms with van der Waals surface area (Å²) in [5, 5.41) is 30.7. The number of benzene rings is 2. The Morgan fingerprint density at radius 1 is 1.08 bits per heavy atom. The topological polar surface area (TPSA) is 130 Å². The van der Waals surface area contributed by atoms with Crippen LogP contribution in [0.4, 0.5) is 5.69 Å². The largest absolute Gasteiger partial charge is 0.494 e. The van der Waals surface area contributed by atoms with Crippen molar-refractivity contribution in [3.8, 4) is 34.8 Å². The highest BCUT2D eigenvalue weighted by molar-refractivity contribution is 7.92. The Labute approximate surface area is 227 Å². The highest BCUT2D eigenvalue weighted by Gasteiger charge is 2.28. The zero-order valence-electron chi connectivity index (χ0n) is 21.8. The van der Waals surface area contributed by atoms with E-state index in [1.165, 1.54) is 16.7 Å². The Kier molecular flexibility index (Phi) is 7.44. The standard InChI is InChI=1S/C29H32N4O5S/c1-2-17-39(36,37)31-21-9-7-20(8-10-21)29-25(19-30)24-12-11-23(18-26(24)33(29)22-5-3-6-22)38-16-4-15-32-27(34)13-14-28(32)35/h7-14,18,22,31,34-35H,2-6,15-17H2,1H3. The van der Waals surface area contributed by atoms with E-state index in [-0.39, 0.29) is 23.6 Å². The number of hydrogen-bond acceptors (Lipinski definition) is 6. The minimum absolute atomic E-state index is 0.00945. The van der Waals surface area contributed by atoms with Gasteiger partial charge in [-0.15, -0.1) is 0 Å². The summed E-state index contributed by atoms with van der Waals surface area (Å²) in [4.78, 5) is 0. The predicted octanol–water partition coefficient (Wildman–Crippen LogP) is 5.74. The van der Waals surface area contributed by atoms with Crippen molar-refractivity contribution in [2.75, 3.05) is 17.1 Å². The molecule has 0 radical (unpaired) electrons. The van der Waals surface area contributed by atoms with Crippen LogP contribution >= 0.6 is 0 Å². The number of aromatic nitrogens is 2. The monoisotopic (exact) mass is 548 g/mol. The van der Waals surface area contributed by atoms with Gasteiger partial charge in [-0.2, -0.15) is 5.26 Å². The van der Waals surface area contributed by atoms with Crippen molar-refractivity contribution in [2.24, 2.45) is 0 Å². The van der Waals surface area contributed by atoms with E-state index in [0.717, 1.165) is 41.4 Å². The van der Waals surface area contributed by atoms with Crippen molar-refractivity contribution in [1.29, 1.82) is 5.26 Å². The molecule has 0 saturated heterocycles. The average molecular weight is 549 g/mol. The lowest BCUT2D eigenvalue weighted by atomic mass is 9.92. The molecule has 4 aromatic rings. The summed E-state index contributed by atoms with van der Waals surface area (Å²) in [6.07, 6.45) is 4.28. The van der Waals surface area contributed by atoms with Crippen LogP contribution < -0.4 is 9.46 Å². The van der Waals surface area contributed by atoms with Crippen LogP contribution in [-0.4, -0.2) is 40.1 Å². The molecule has 0 aliphatic heterocycles. The number of nitrogens with one attached hydrogen (secondary N) is 1. The van der Waals surface area contributed by atoms with Gasteiger partial charge < -0.3 is 19.5 Å². The first-order valence-corrected chi connectivity index (χ1v) is 14.9. The first kappa shape index (κ1) is 26.5. The van der Waals surface area contributed by atoms with Gasteiger partial charge in [0.15, 0.2) is 11.8 Å². The molecule has 10 heteroatoms. The fourth-order valence-electron chi connectivity index (χ4n) is 5.08. The lowest BCUT2D eigenvalue weighted by molar-refractivity contribution is 0.289. The second-order valence-electron chi connectivity index (χ2n) is 9.87. The summed E-state index contributed by atoms with van der Waals surface area (Å²) in [6.45, 7) is 2.63. The van der Waals surface area contributed by atoms with Gasteiger partial charge in [-0.05, 0) is 61.9 Å². The number of fused-ring (bicyclic) bond motifs is 1. The van der Waals surface area contributed by atoms with Crippen LogP contribution in [0.15, 0.2) is 54.6 Å². The van der Waals surface area contributed by atoms with Gasteiger partial charge in [-0.1, -0.05) is 19.1 Å². The molecule has 1 saturated carbocycles. The van der Waals surface area contributed by atoms with E-state index in [1.807, 2.05) is 37.3 Å². The molecule has 2 heterocycles. The van der Waals surface area contributed by atoms with E-state index in [9.17, 15) is 23.9 Å². The van der Waals surface area contributed by atoms with Crippen molar-refractivity contribution in [3.63, 3.8) is 0 Å². The molecule has 1 aliphatic rings. The molecular formula is C29H32N4O5S. The number of sulfonamides is 1. The van der Waals surface area contributed by atoms with Gasteiger partial charge in [0.25, 0.3) is 0 Å². The molecule has 0 spiro atoms. The van der Waals surface area contributed by atoms with Gasteiger partial charge in [0.1, 0.15) is 11.8 Å². The summed E-state index contributed by atoms with van der Waals surface area (Å²) in [5.74, 6) is 0.758. The first-order chi connectivity index (χ1) is 18.8. The van der Waals surface area contributed by atoms with Crippen LogP contribution in [0.2, 0.25) is 0 Å². The summed E-state index contributed by atoms with van der Waals surface area (Å²) < 4.78 is 36.6. The molecule has 9 nitrogen and oxygen atoms in total. The molecule has 0 unspecified atom stereocenters. The molecular weight excluding hydrogens is 516 g/mol. The minimum Gasteiger partial charge on any atom is -0.494 e. The normalized spacial score (nSPS) is 13.7. The number of rotatable bonds is 11. The van der Waals surface area contributed by atoms with Crippen molar-refractivity contribution in [3.05, 3.63) is 60.2 Å². The molecule has 204 valence electrons. The molecule has 1 aliphatic carbocycles. The van der Waals surface area contributed by atoms with Crippen molar-refractivity contribution in [2.45, 2.75) is 51.6 Å². The quantitative estimate of drug-likeness (QED) is 0.205. The summed E-state index contributed by atoms with van der Waals surface area (Å²) in [7, 11) is -3.39. The third kappa shape index (κ3) is 5.40. The van der Waals surface area contributed by atoms with Gasteiger partial charge >= 0.3 is 0 Å². The Morgan fingerprint density at radius 3 is 2.41 bits per heavy atom. The number of aromatic hydroxyl groups is 2. The highest BCUT2D eigenvalue weighted by Crippen LogP contribution is 2.43. The van der Waals surface area contributed by atoms with Crippen LogP contribution in [0.25, 0.3) is 22.2 Å². The van der Waals surface area contributed by atoms with Crippen molar-refractivity contribution < 1.29 is 23.4 Å². The zero-order valence-corrected chi connectivity index (χ0v) is 22.6. The maximum atomic E-state index is 12.2. The molecule has 1 fully saturated rings. The number of nitriles is 1. The first-order valence-electron chi connectivity index (χ1n) is 13.2. The second kappa shape index (κ2) is 10.9. The van der Waals surface area contributed by atoms with Crippen LogP contribution in [0.5, 0.6) is 17.5 Å². The smallest absolute Gasteiger partial charge is 0.232 e. The van der Waals surface area contributed by atoms with E-state index in [4.69, 9.17) is 4.74 Å². The number of hydrogen-bond donors (Lipinski definition) is 3. The van der Waals surface area contributed by atoms with Gasteiger partial charge in [0.2, 0.25) is 10.0 Å². The van der Waals surface area contributed by atoms with E-state index < -0.39 is 10.0 Å². The fourth-order valence-corrected chi connectivity index (χ4v) is 6.22. The molecule has 0 atom stereocenters. The maximum absolute atomic E-state index is 12.2. The number of anilines is 1. The third-order valence-electron chi connectivity index (χ3n) is 7.16. The average Bonchev–Trinajstić information content (AvgIpc) is 3.37. The van der Waals surface area contributed by atoms with E-state index in [0.29, 0.717) is 43.0 Å². The molecule has 5 rings (SSSR count). The van der Waals surface area contributed by atoms with Crippen LogP contribution in [0.1, 0.15) is 50.6 Å². The number of ether oxygens (including phenoxy) is 1. The van der Waals surface area contributed by atoms with Crippen molar-refractivity contribution in [1.82, 2.24) is 9.13 Å². The summed E-state index contributed by atoms with van der Waals surface area (Å²) in [6, 6.07) is 18.5. The molecule has 2 aromatic heterocycles. The van der Waals surface area contributed by atoms with E-state index in [2.05, 4.69) is 15.4 Å². The molecule has 2 aromatic carbocycles. The number of nitrogens with zero attached hydrogens (tertiary/aromatic N) is 3. The van der Waals surface area contributed by atoms with Crippen molar-refractivity contribution >= 4 is 26.6 Å². The molecule has 39 heavy (non-hydrogen) atoms. The Balaban J connectivity index is 1.43. The second-order valence-corrected chi connectivity index (χ2v) is 11.7. The zero-order chi connectivity index (χ0) is 27.6. The van der Waals surface area contributed by atoms with Crippen LogP contribution in [0, 0.1) is 11.3 Å². The third-order valence-corrected chi connectivity index (χ3v) is 8.65. The molecule has 0 bridgehead atoms. The van der Waals surface area contributed by atoms with Gasteiger partial charge in [0.05, 0.1) is 29.1 Å². The highest BCUT2D eigenvalue weighted by atomic mass is 32.2. The minimum atomic E-state index is -3.39. The van der Waals surface area contributed by atoms with E-state index in [1.54, 1.807) is 12.1 Å². The van der Waals surface area contributed by atoms with Crippen LogP contribution in [0.3, 0.4) is 0 Å². The molecule has 0 amide bonds. The summed E-state index contributed by atoms with van der Waals surface area (Å²) >= 11 is 0. The maximum Gasteiger partial charge on any atom is 0.232 e. The lowest BCUT2D eigenvalue weighted by Crippen LogP contribution is -2.18. The van der Waals surface area contributed by atoms with Gasteiger partial charge in [0, 0.05) is 41.9 Å². The Morgan fingerprint density at radius 2 is 1.79 bits per heavy atom. The fraction of sp³-hybridized carbons (Fsp3) is 0.345. The summed E-state index contributed by atoms with van der Waals surface area (Å²) in [5.41, 5.74) is 3.69. The Bertz CT molecular complexity index is 1610. The predicted molar refractivity (Wildman–Crippen MR) is 151 cm³/mol. The SMILES string of the molecule is CCCS(=O)(=O)Nc1ccc(-c2c(C#N)c3ccc(OCCCn4c(O)ccc4O)cc3n2C2CCC2)cc1. The lowest BCUT2D eigenvalue weighted by Gasteiger charge is -2.30. The molecule has 3 N–H and O–H groups in total. The Hall–Kier alpha value is -4.10.